The van der Waals surface area contributed by atoms with E-state index < -0.39 is 10.8 Å². The minimum Gasteiger partial charge on any atom is -0.350 e. The molecule has 0 saturated heterocycles. The van der Waals surface area contributed by atoms with Gasteiger partial charge < -0.3 is 10.6 Å². The second-order valence-electron chi connectivity index (χ2n) is 5.92. The van der Waals surface area contributed by atoms with Crippen LogP contribution in [0.1, 0.15) is 34.6 Å². The number of thiocarbonyl (C=S) groups is 1. The van der Waals surface area contributed by atoms with Gasteiger partial charge in [0.1, 0.15) is 0 Å². The Bertz CT molecular complexity index is 898. The standard InChI is InChI=1S/C18H18N4O4S/c1-11(2)19-16(23)12-5-3-7-14(9-12)20-18(27)21-17(24)13-6-4-8-15(10-13)22(25)26/h3-11H,1-2H3,(H,19,23)(H2,20,21,24,27). The van der Waals surface area contributed by atoms with Crippen LogP contribution in [0.3, 0.4) is 0 Å². The van der Waals surface area contributed by atoms with Crippen molar-refractivity contribution in [3.63, 3.8) is 0 Å². The number of carbonyl (C=O) groups excluding carboxylic acids is 2. The Hall–Kier alpha value is -3.33. The quantitative estimate of drug-likeness (QED) is 0.414. The van der Waals surface area contributed by atoms with Gasteiger partial charge in [-0.2, -0.15) is 0 Å². The number of benzene rings is 2. The minimum atomic E-state index is -0.582. The van der Waals surface area contributed by atoms with Crippen molar-refractivity contribution in [3.05, 3.63) is 69.8 Å². The van der Waals surface area contributed by atoms with Crippen LogP contribution in [0.2, 0.25) is 0 Å². The number of hydrogen-bond donors (Lipinski definition) is 3. The Morgan fingerprint density at radius 3 is 2.30 bits per heavy atom. The summed E-state index contributed by atoms with van der Waals surface area (Å²) < 4.78 is 0. The van der Waals surface area contributed by atoms with Gasteiger partial charge in [0.15, 0.2) is 5.11 Å². The summed E-state index contributed by atoms with van der Waals surface area (Å²) in [5, 5.41) is 18.9. The van der Waals surface area contributed by atoms with Crippen LogP contribution in [-0.2, 0) is 0 Å². The summed E-state index contributed by atoms with van der Waals surface area (Å²) >= 11 is 5.10. The molecule has 0 aromatic heterocycles. The zero-order valence-electron chi connectivity index (χ0n) is 14.7. The highest BCUT2D eigenvalue weighted by Crippen LogP contribution is 2.14. The molecule has 0 aliphatic carbocycles. The summed E-state index contributed by atoms with van der Waals surface area (Å²) in [6.45, 7) is 3.72. The fourth-order valence-corrected chi connectivity index (χ4v) is 2.39. The van der Waals surface area contributed by atoms with Crippen molar-refractivity contribution >= 4 is 40.5 Å². The largest absolute Gasteiger partial charge is 0.350 e. The van der Waals surface area contributed by atoms with E-state index in [4.69, 9.17) is 12.2 Å². The molecule has 2 rings (SSSR count). The topological polar surface area (TPSA) is 113 Å². The summed E-state index contributed by atoms with van der Waals surface area (Å²) in [5.74, 6) is -0.801. The van der Waals surface area contributed by atoms with Gasteiger partial charge in [-0.3, -0.25) is 25.0 Å². The number of nitro groups is 1. The lowest BCUT2D eigenvalue weighted by atomic mass is 10.2. The zero-order chi connectivity index (χ0) is 20.0. The van der Waals surface area contributed by atoms with Crippen molar-refractivity contribution in [2.24, 2.45) is 0 Å². The first-order valence-corrected chi connectivity index (χ1v) is 8.45. The summed E-state index contributed by atoms with van der Waals surface area (Å²) in [5.41, 5.74) is 0.890. The lowest BCUT2D eigenvalue weighted by molar-refractivity contribution is -0.384. The molecule has 0 aliphatic heterocycles. The van der Waals surface area contributed by atoms with Crippen molar-refractivity contribution in [2.75, 3.05) is 5.32 Å². The molecule has 8 nitrogen and oxygen atoms in total. The lowest BCUT2D eigenvalue weighted by Crippen LogP contribution is -2.34. The Balaban J connectivity index is 2.03. The Labute approximate surface area is 161 Å². The molecular formula is C18H18N4O4S. The third-order valence-corrected chi connectivity index (χ3v) is 3.55. The van der Waals surface area contributed by atoms with E-state index >= 15 is 0 Å². The molecule has 27 heavy (non-hydrogen) atoms. The van der Waals surface area contributed by atoms with E-state index in [0.29, 0.717) is 11.3 Å². The number of nitro benzene ring substituents is 1. The summed E-state index contributed by atoms with van der Waals surface area (Å²) in [7, 11) is 0. The fraction of sp³-hybridized carbons (Fsp3) is 0.167. The molecule has 0 atom stereocenters. The van der Waals surface area contributed by atoms with E-state index in [9.17, 15) is 19.7 Å². The molecule has 2 aromatic carbocycles. The first-order chi connectivity index (χ1) is 12.8. The third kappa shape index (κ3) is 5.86. The van der Waals surface area contributed by atoms with Gasteiger partial charge in [-0.25, -0.2) is 0 Å². The van der Waals surface area contributed by atoms with Crippen LogP contribution >= 0.6 is 12.2 Å². The minimum absolute atomic E-state index is 0.00408. The van der Waals surface area contributed by atoms with Gasteiger partial charge in [0, 0.05) is 35.0 Å². The molecule has 0 spiro atoms. The number of hydrogen-bond acceptors (Lipinski definition) is 5. The fourth-order valence-electron chi connectivity index (χ4n) is 2.18. The highest BCUT2D eigenvalue weighted by atomic mass is 32.1. The smallest absolute Gasteiger partial charge is 0.270 e. The molecule has 0 unspecified atom stereocenters. The van der Waals surface area contributed by atoms with Crippen LogP contribution in [0, 0.1) is 10.1 Å². The molecule has 0 heterocycles. The number of amides is 2. The first-order valence-electron chi connectivity index (χ1n) is 8.04. The maximum Gasteiger partial charge on any atom is 0.270 e. The van der Waals surface area contributed by atoms with Crippen LogP contribution in [0.4, 0.5) is 11.4 Å². The van der Waals surface area contributed by atoms with Crippen LogP contribution < -0.4 is 16.0 Å². The number of carbonyl (C=O) groups is 2. The second kappa shape index (κ2) is 8.86. The van der Waals surface area contributed by atoms with Gasteiger partial charge >= 0.3 is 0 Å². The molecular weight excluding hydrogens is 368 g/mol. The van der Waals surface area contributed by atoms with Gasteiger partial charge in [0.05, 0.1) is 4.92 Å². The maximum absolute atomic E-state index is 12.2. The average molecular weight is 386 g/mol. The number of anilines is 1. The third-order valence-electron chi connectivity index (χ3n) is 3.35. The number of nitrogens with zero attached hydrogens (tertiary/aromatic N) is 1. The molecule has 0 saturated carbocycles. The van der Waals surface area contributed by atoms with Gasteiger partial charge in [-0.05, 0) is 50.3 Å². The molecule has 0 bridgehead atoms. The average Bonchev–Trinajstić information content (AvgIpc) is 2.61. The Morgan fingerprint density at radius 2 is 1.67 bits per heavy atom. The second-order valence-corrected chi connectivity index (χ2v) is 6.33. The van der Waals surface area contributed by atoms with Crippen LogP contribution in [0.15, 0.2) is 48.5 Å². The van der Waals surface area contributed by atoms with Crippen molar-refractivity contribution in [3.8, 4) is 0 Å². The van der Waals surface area contributed by atoms with Crippen molar-refractivity contribution in [1.29, 1.82) is 0 Å². The van der Waals surface area contributed by atoms with Gasteiger partial charge in [0.2, 0.25) is 0 Å². The zero-order valence-corrected chi connectivity index (χ0v) is 15.5. The highest BCUT2D eigenvalue weighted by Gasteiger charge is 2.13. The SMILES string of the molecule is CC(C)NC(=O)c1cccc(NC(=S)NC(=O)c2cccc([N+](=O)[O-])c2)c1. The van der Waals surface area contributed by atoms with E-state index in [1.165, 1.54) is 18.2 Å². The molecule has 0 radical (unpaired) electrons. The monoisotopic (exact) mass is 386 g/mol. The Morgan fingerprint density at radius 1 is 1.04 bits per heavy atom. The summed E-state index contributed by atoms with van der Waals surface area (Å²) in [6, 6.07) is 12.0. The van der Waals surface area contributed by atoms with E-state index in [1.807, 2.05) is 13.8 Å². The van der Waals surface area contributed by atoms with E-state index in [-0.39, 0.29) is 28.3 Å². The van der Waals surface area contributed by atoms with Crippen LogP contribution in [0.25, 0.3) is 0 Å². The Kier molecular flexibility index (Phi) is 6.56. The van der Waals surface area contributed by atoms with Gasteiger partial charge in [-0.15, -0.1) is 0 Å². The van der Waals surface area contributed by atoms with Crippen LogP contribution in [0.5, 0.6) is 0 Å². The van der Waals surface area contributed by atoms with Crippen LogP contribution in [-0.4, -0.2) is 27.9 Å². The number of nitrogens with one attached hydrogen (secondary N) is 3. The molecule has 2 amide bonds. The molecule has 3 N–H and O–H groups in total. The molecule has 0 aliphatic rings. The van der Waals surface area contributed by atoms with Crippen molar-refractivity contribution < 1.29 is 14.5 Å². The predicted octanol–water partition coefficient (Wildman–Crippen LogP) is 2.86. The molecule has 0 fully saturated rings. The number of rotatable bonds is 5. The predicted molar refractivity (Wildman–Crippen MR) is 106 cm³/mol. The lowest BCUT2D eigenvalue weighted by Gasteiger charge is -2.12. The number of non-ortho nitro benzene ring substituents is 1. The molecule has 9 heteroatoms. The van der Waals surface area contributed by atoms with Gasteiger partial charge in [0.25, 0.3) is 17.5 Å². The van der Waals surface area contributed by atoms with Crippen molar-refractivity contribution in [1.82, 2.24) is 10.6 Å². The molecule has 140 valence electrons. The van der Waals surface area contributed by atoms with Gasteiger partial charge in [-0.1, -0.05) is 12.1 Å². The first kappa shape index (κ1) is 20.0. The maximum atomic E-state index is 12.2. The van der Waals surface area contributed by atoms with E-state index in [0.717, 1.165) is 6.07 Å². The summed E-state index contributed by atoms with van der Waals surface area (Å²) in [4.78, 5) is 34.5. The summed E-state index contributed by atoms with van der Waals surface area (Å²) in [6.07, 6.45) is 0. The van der Waals surface area contributed by atoms with E-state index in [1.54, 1.807) is 24.3 Å². The highest BCUT2D eigenvalue weighted by molar-refractivity contribution is 7.80. The van der Waals surface area contributed by atoms with E-state index in [2.05, 4.69) is 16.0 Å². The normalized spacial score (nSPS) is 10.2. The van der Waals surface area contributed by atoms with Crippen molar-refractivity contribution in [2.45, 2.75) is 19.9 Å². The molecule has 2 aromatic rings.